The number of carboxylic acid groups (broad SMARTS) is 2. The van der Waals surface area contributed by atoms with Crippen molar-refractivity contribution in [2.45, 2.75) is 6.10 Å². The van der Waals surface area contributed by atoms with Gasteiger partial charge in [-0.05, 0) is 47.5 Å². The normalized spacial score (nSPS) is 11.8. The predicted molar refractivity (Wildman–Crippen MR) is 160 cm³/mol. The summed E-state index contributed by atoms with van der Waals surface area (Å²) in [5.74, 6) is -2.53. The number of aliphatic hydroxyl groups is 1. The van der Waals surface area contributed by atoms with Gasteiger partial charge in [0.1, 0.15) is 29.9 Å². The second kappa shape index (κ2) is 12.9. The van der Waals surface area contributed by atoms with E-state index in [4.69, 9.17) is 14.6 Å². The summed E-state index contributed by atoms with van der Waals surface area (Å²) in [6.45, 7) is 0.149. The first-order chi connectivity index (χ1) is 21.1. The zero-order chi connectivity index (χ0) is 31.4. The number of aromatic nitrogens is 3. The molecule has 0 saturated heterocycles. The number of rotatable bonds is 12. The average Bonchev–Trinajstić information content (AvgIpc) is 3.44. The number of hydrogen-bond acceptors (Lipinski definition) is 8. The van der Waals surface area contributed by atoms with E-state index in [-0.39, 0.29) is 36.7 Å². The van der Waals surface area contributed by atoms with Gasteiger partial charge >= 0.3 is 11.9 Å². The summed E-state index contributed by atoms with van der Waals surface area (Å²) in [4.78, 5) is 32.9. The fourth-order valence-electron chi connectivity index (χ4n) is 4.54. The van der Waals surface area contributed by atoms with Gasteiger partial charge in [-0.2, -0.15) is 4.39 Å². The van der Waals surface area contributed by atoms with E-state index in [1.54, 1.807) is 53.9 Å². The molecule has 0 aliphatic heterocycles. The van der Waals surface area contributed by atoms with Crippen LogP contribution in [0.2, 0.25) is 0 Å². The molecule has 44 heavy (non-hydrogen) atoms. The van der Waals surface area contributed by atoms with Gasteiger partial charge in [-0.3, -0.25) is 0 Å². The van der Waals surface area contributed by atoms with Crippen LogP contribution in [0.4, 0.5) is 10.2 Å². The number of fused-ring (bicyclic) bond motifs is 1. The average molecular weight is 601 g/mol. The molecular formula is C32H29FN4O7. The predicted octanol–water partition coefficient (Wildman–Crippen LogP) is 4.79. The monoisotopic (exact) mass is 600 g/mol. The molecule has 0 aliphatic rings. The Morgan fingerprint density at radius 1 is 0.886 bits per heavy atom. The van der Waals surface area contributed by atoms with Crippen LogP contribution in [0.3, 0.4) is 0 Å². The molecule has 1 atom stereocenters. The molecule has 0 amide bonds. The van der Waals surface area contributed by atoms with E-state index in [0.717, 1.165) is 11.6 Å². The molecule has 226 valence electrons. The molecular weight excluding hydrogens is 571 g/mol. The highest BCUT2D eigenvalue weighted by Gasteiger charge is 2.17. The summed E-state index contributed by atoms with van der Waals surface area (Å²) in [7, 11) is 3.60. The fourth-order valence-corrected chi connectivity index (χ4v) is 4.54. The molecule has 3 heterocycles. The third kappa shape index (κ3) is 6.66. The van der Waals surface area contributed by atoms with E-state index in [9.17, 15) is 24.2 Å². The third-order valence-corrected chi connectivity index (χ3v) is 6.87. The van der Waals surface area contributed by atoms with Gasteiger partial charge in [0.05, 0.1) is 30.0 Å². The summed E-state index contributed by atoms with van der Waals surface area (Å²) >= 11 is 0. The van der Waals surface area contributed by atoms with E-state index < -0.39 is 24.0 Å². The number of benzene rings is 2. The Balaban J connectivity index is 1.17. The van der Waals surface area contributed by atoms with Crippen LogP contribution in [0.25, 0.3) is 28.0 Å². The smallest absolute Gasteiger partial charge is 0.336 e. The Morgan fingerprint density at radius 3 is 2.30 bits per heavy atom. The van der Waals surface area contributed by atoms with Crippen LogP contribution < -0.4 is 9.64 Å². The quantitative estimate of drug-likeness (QED) is 0.135. The summed E-state index contributed by atoms with van der Waals surface area (Å²) in [6, 6.07) is 18.1. The summed E-state index contributed by atoms with van der Waals surface area (Å²) in [5.41, 5.74) is 3.24. The first kappa shape index (κ1) is 30.1. The maximum absolute atomic E-state index is 14.6. The van der Waals surface area contributed by atoms with Gasteiger partial charge < -0.3 is 34.1 Å². The van der Waals surface area contributed by atoms with Crippen molar-refractivity contribution in [3.8, 4) is 28.1 Å². The minimum atomic E-state index is -1.37. The van der Waals surface area contributed by atoms with E-state index in [2.05, 4.69) is 9.97 Å². The number of carboxylic acids is 2. The van der Waals surface area contributed by atoms with Gasteiger partial charge in [-0.1, -0.05) is 30.3 Å². The number of nitrogens with zero attached hydrogens (tertiary/aromatic N) is 4. The van der Waals surface area contributed by atoms with Crippen molar-refractivity contribution in [3.05, 3.63) is 102 Å². The number of hydrogen-bond donors (Lipinski definition) is 3. The first-order valence-corrected chi connectivity index (χ1v) is 13.5. The molecule has 12 heteroatoms. The number of pyridine rings is 2. The Bertz CT molecular complexity index is 1820. The lowest BCUT2D eigenvalue weighted by Gasteiger charge is -2.13. The molecule has 0 aliphatic carbocycles. The lowest BCUT2D eigenvalue weighted by molar-refractivity contribution is 0.0238. The zero-order valence-corrected chi connectivity index (χ0v) is 23.8. The minimum absolute atomic E-state index is 0.0167. The van der Waals surface area contributed by atoms with Gasteiger partial charge in [0.15, 0.2) is 0 Å². The molecule has 11 nitrogen and oxygen atoms in total. The van der Waals surface area contributed by atoms with Gasteiger partial charge in [0.2, 0.25) is 5.95 Å². The van der Waals surface area contributed by atoms with E-state index in [1.807, 2.05) is 30.5 Å². The lowest BCUT2D eigenvalue weighted by Crippen LogP contribution is -2.13. The highest BCUT2D eigenvalue weighted by molar-refractivity contribution is 6.02. The van der Waals surface area contributed by atoms with Crippen LogP contribution in [0.5, 0.6) is 5.75 Å². The van der Waals surface area contributed by atoms with Crippen LogP contribution in [-0.2, 0) is 4.74 Å². The maximum atomic E-state index is 14.6. The van der Waals surface area contributed by atoms with Crippen LogP contribution in [-0.4, -0.2) is 75.5 Å². The number of aliphatic hydroxyl groups excluding tert-OH is 1. The molecule has 3 aromatic heterocycles. The topological polar surface area (TPSA) is 147 Å². The van der Waals surface area contributed by atoms with Crippen molar-refractivity contribution < 1.29 is 38.8 Å². The molecule has 0 spiro atoms. The van der Waals surface area contributed by atoms with Gasteiger partial charge in [0, 0.05) is 37.6 Å². The van der Waals surface area contributed by atoms with Crippen molar-refractivity contribution >= 4 is 23.4 Å². The second-order valence-electron chi connectivity index (χ2n) is 10.1. The molecule has 5 aromatic rings. The molecule has 0 saturated carbocycles. The molecule has 0 fully saturated rings. The minimum Gasteiger partial charge on any atom is -0.491 e. The molecule has 0 radical (unpaired) electrons. The van der Waals surface area contributed by atoms with Gasteiger partial charge in [-0.25, -0.2) is 19.6 Å². The molecule has 1 unspecified atom stereocenters. The molecule has 3 N–H and O–H groups in total. The number of carbonyl (C=O) groups is 2. The molecule has 0 bridgehead atoms. The summed E-state index contributed by atoms with van der Waals surface area (Å²) < 4.78 is 27.4. The van der Waals surface area contributed by atoms with Crippen molar-refractivity contribution in [3.63, 3.8) is 0 Å². The van der Waals surface area contributed by atoms with E-state index in [0.29, 0.717) is 33.8 Å². The number of imidazole rings is 1. The standard InChI is InChI=1S/C32H29FN4O7/c1-36(2)28-12-10-23(30(33)35-28)19-3-5-20(6-4-19)26-17-37-16-21(7-11-29(37)34-26)27(38)18-43-13-14-44-22-8-9-24(31(39)40)25(15-22)32(41)42/h3-12,15-17,27,38H,13-14,18H2,1-2H3,(H,39,40)(H,41,42). The zero-order valence-electron chi connectivity index (χ0n) is 23.8. The van der Waals surface area contributed by atoms with Gasteiger partial charge in [-0.15, -0.1) is 0 Å². The van der Waals surface area contributed by atoms with Crippen LogP contribution in [0, 0.1) is 5.95 Å². The third-order valence-electron chi connectivity index (χ3n) is 6.87. The molecule has 2 aromatic carbocycles. The molecule has 5 rings (SSSR count). The lowest BCUT2D eigenvalue weighted by atomic mass is 10.0. The maximum Gasteiger partial charge on any atom is 0.336 e. The van der Waals surface area contributed by atoms with E-state index >= 15 is 0 Å². The van der Waals surface area contributed by atoms with Crippen LogP contribution in [0.1, 0.15) is 32.4 Å². The van der Waals surface area contributed by atoms with Crippen molar-refractivity contribution in [2.24, 2.45) is 0 Å². The SMILES string of the molecule is CN(C)c1ccc(-c2ccc(-c3cn4cc(C(O)COCCOc5ccc(C(=O)O)c(C(=O)O)c5)ccc4n3)cc2)c(F)n1. The number of ether oxygens (including phenoxy) is 2. The highest BCUT2D eigenvalue weighted by Crippen LogP contribution is 2.28. The van der Waals surface area contributed by atoms with Crippen LogP contribution in [0.15, 0.2) is 79.1 Å². The summed E-state index contributed by atoms with van der Waals surface area (Å²) in [6.07, 6.45) is 2.67. The Hall–Kier alpha value is -5.33. The van der Waals surface area contributed by atoms with Crippen LogP contribution >= 0.6 is 0 Å². The Labute approximate surface area is 251 Å². The van der Waals surface area contributed by atoms with E-state index in [1.165, 1.54) is 12.1 Å². The largest absolute Gasteiger partial charge is 0.491 e. The number of halogens is 1. The Kier molecular flexibility index (Phi) is 8.83. The second-order valence-corrected chi connectivity index (χ2v) is 10.1. The Morgan fingerprint density at radius 2 is 1.61 bits per heavy atom. The van der Waals surface area contributed by atoms with Crippen molar-refractivity contribution in [1.82, 2.24) is 14.4 Å². The van der Waals surface area contributed by atoms with Crippen molar-refractivity contribution in [2.75, 3.05) is 38.8 Å². The fraction of sp³-hybridized carbons (Fsp3) is 0.188. The highest BCUT2D eigenvalue weighted by atomic mass is 19.1. The van der Waals surface area contributed by atoms with Gasteiger partial charge in [0.25, 0.3) is 0 Å². The summed E-state index contributed by atoms with van der Waals surface area (Å²) in [5, 5.41) is 29.0. The number of anilines is 1. The van der Waals surface area contributed by atoms with Crippen molar-refractivity contribution in [1.29, 1.82) is 0 Å². The first-order valence-electron chi connectivity index (χ1n) is 13.5. The number of aromatic carboxylic acids is 2.